The third kappa shape index (κ3) is 1.80. The fourth-order valence-corrected chi connectivity index (χ4v) is 3.16. The van der Waals surface area contributed by atoms with Crippen LogP contribution >= 0.6 is 12.2 Å². The zero-order chi connectivity index (χ0) is 11.8. The quantitative estimate of drug-likeness (QED) is 0.775. The molecule has 1 aliphatic carbocycles. The van der Waals surface area contributed by atoms with E-state index in [-0.39, 0.29) is 0 Å². The number of aromatic nitrogens is 3. The minimum absolute atomic E-state index is 0.541. The zero-order valence-electron chi connectivity index (χ0n) is 10.1. The average molecular weight is 247 g/mol. The second-order valence-electron chi connectivity index (χ2n) is 4.92. The number of rotatable bonds is 1. The fraction of sp³-hybridized carbons (Fsp3) is 0.538. The Labute approximate surface area is 106 Å². The molecule has 0 aliphatic heterocycles. The average Bonchev–Trinajstić information content (AvgIpc) is 2.68. The van der Waals surface area contributed by atoms with Gasteiger partial charge in [-0.1, -0.05) is 19.3 Å². The highest BCUT2D eigenvalue weighted by Gasteiger charge is 2.19. The molecule has 3 nitrogen and oxygen atoms in total. The molecule has 0 spiro atoms. The van der Waals surface area contributed by atoms with Crippen LogP contribution in [0.2, 0.25) is 0 Å². The van der Waals surface area contributed by atoms with Gasteiger partial charge in [0, 0.05) is 12.2 Å². The first-order chi connectivity index (χ1) is 8.27. The van der Waals surface area contributed by atoms with E-state index < -0.39 is 0 Å². The van der Waals surface area contributed by atoms with Gasteiger partial charge in [-0.05, 0) is 43.6 Å². The van der Waals surface area contributed by atoms with Crippen molar-refractivity contribution in [1.82, 2.24) is 14.5 Å². The Balaban J connectivity index is 2.18. The normalized spacial score (nSPS) is 17.7. The lowest BCUT2D eigenvalue weighted by molar-refractivity contribution is 0.356. The number of pyridine rings is 1. The van der Waals surface area contributed by atoms with Gasteiger partial charge in [-0.15, -0.1) is 0 Å². The molecule has 1 aliphatic rings. The van der Waals surface area contributed by atoms with Crippen molar-refractivity contribution in [3.8, 4) is 0 Å². The summed E-state index contributed by atoms with van der Waals surface area (Å²) < 4.78 is 3.06. The Morgan fingerprint density at radius 3 is 2.88 bits per heavy atom. The maximum absolute atomic E-state index is 5.46. The van der Waals surface area contributed by atoms with Crippen LogP contribution in [0.25, 0.3) is 11.2 Å². The molecule has 0 radical (unpaired) electrons. The van der Waals surface area contributed by atoms with Crippen LogP contribution in [0.1, 0.15) is 43.7 Å². The second kappa shape index (κ2) is 4.26. The Hall–Kier alpha value is -1.16. The molecule has 4 heteroatoms. The molecular formula is C13H17N3S. The Morgan fingerprint density at radius 2 is 2.12 bits per heavy atom. The summed E-state index contributed by atoms with van der Waals surface area (Å²) in [6.07, 6.45) is 8.32. The van der Waals surface area contributed by atoms with E-state index in [1.807, 2.05) is 12.3 Å². The number of hydrogen-bond acceptors (Lipinski definition) is 2. The standard InChI is InChI=1S/C13H17N3S/c1-9-7-8-14-12-11(9)15-13(17)16(12)10-5-3-2-4-6-10/h7-8,10H,2-6H2,1H3,(H,15,17). The van der Waals surface area contributed by atoms with Gasteiger partial charge in [0.1, 0.15) is 0 Å². The van der Waals surface area contributed by atoms with Crippen molar-refractivity contribution in [2.75, 3.05) is 0 Å². The summed E-state index contributed by atoms with van der Waals surface area (Å²) >= 11 is 5.46. The molecule has 0 aromatic carbocycles. The van der Waals surface area contributed by atoms with Crippen molar-refractivity contribution in [2.24, 2.45) is 0 Å². The van der Waals surface area contributed by atoms with E-state index in [4.69, 9.17) is 12.2 Å². The van der Waals surface area contributed by atoms with Crippen molar-refractivity contribution in [2.45, 2.75) is 45.1 Å². The topological polar surface area (TPSA) is 33.6 Å². The number of nitrogens with zero attached hydrogens (tertiary/aromatic N) is 2. The molecule has 1 N–H and O–H groups in total. The van der Waals surface area contributed by atoms with Crippen molar-refractivity contribution >= 4 is 23.4 Å². The molecule has 0 bridgehead atoms. The third-order valence-corrected chi connectivity index (χ3v) is 4.06. The third-order valence-electron chi connectivity index (χ3n) is 3.76. The van der Waals surface area contributed by atoms with Crippen LogP contribution in [-0.4, -0.2) is 14.5 Å². The highest BCUT2D eigenvalue weighted by molar-refractivity contribution is 7.71. The van der Waals surface area contributed by atoms with Crippen molar-refractivity contribution in [3.05, 3.63) is 22.6 Å². The highest BCUT2D eigenvalue weighted by Crippen LogP contribution is 2.31. The van der Waals surface area contributed by atoms with Gasteiger partial charge in [-0.2, -0.15) is 0 Å². The van der Waals surface area contributed by atoms with Gasteiger partial charge >= 0.3 is 0 Å². The van der Waals surface area contributed by atoms with E-state index in [0.717, 1.165) is 15.9 Å². The zero-order valence-corrected chi connectivity index (χ0v) is 10.9. The SMILES string of the molecule is Cc1ccnc2c1[nH]c(=S)n2C1CCCCC1. The second-order valence-corrected chi connectivity index (χ2v) is 5.31. The van der Waals surface area contributed by atoms with E-state index in [1.54, 1.807) is 0 Å². The van der Waals surface area contributed by atoms with E-state index in [1.165, 1.54) is 37.7 Å². The summed E-state index contributed by atoms with van der Waals surface area (Å²) in [6, 6.07) is 2.57. The first kappa shape index (κ1) is 11.0. The Bertz CT molecular complexity index is 590. The number of aryl methyl sites for hydroxylation is 1. The molecule has 1 saturated carbocycles. The van der Waals surface area contributed by atoms with Crippen LogP contribution in [0.4, 0.5) is 0 Å². The van der Waals surface area contributed by atoms with Gasteiger partial charge in [0.25, 0.3) is 0 Å². The molecule has 2 aromatic heterocycles. The van der Waals surface area contributed by atoms with Gasteiger partial charge in [0.05, 0.1) is 5.52 Å². The number of imidazole rings is 1. The predicted octanol–water partition coefficient (Wildman–Crippen LogP) is 3.91. The highest BCUT2D eigenvalue weighted by atomic mass is 32.1. The number of hydrogen-bond donors (Lipinski definition) is 1. The number of fused-ring (bicyclic) bond motifs is 1. The lowest BCUT2D eigenvalue weighted by Gasteiger charge is -2.23. The largest absolute Gasteiger partial charge is 0.329 e. The van der Waals surface area contributed by atoms with Crippen LogP contribution in [0.5, 0.6) is 0 Å². The molecule has 17 heavy (non-hydrogen) atoms. The van der Waals surface area contributed by atoms with Gasteiger partial charge < -0.3 is 4.98 Å². The van der Waals surface area contributed by atoms with E-state index >= 15 is 0 Å². The maximum atomic E-state index is 5.46. The number of H-pyrrole nitrogens is 1. The summed E-state index contributed by atoms with van der Waals surface area (Å²) in [5, 5.41) is 0. The van der Waals surface area contributed by atoms with E-state index in [9.17, 15) is 0 Å². The lowest BCUT2D eigenvalue weighted by Crippen LogP contribution is -2.13. The van der Waals surface area contributed by atoms with Crippen molar-refractivity contribution in [3.63, 3.8) is 0 Å². The minimum atomic E-state index is 0.541. The number of aromatic amines is 1. The van der Waals surface area contributed by atoms with Crippen molar-refractivity contribution in [1.29, 1.82) is 0 Å². The molecule has 2 heterocycles. The number of nitrogens with one attached hydrogen (secondary N) is 1. The molecule has 0 amide bonds. The van der Waals surface area contributed by atoms with Gasteiger partial charge in [0.2, 0.25) is 0 Å². The first-order valence-electron chi connectivity index (χ1n) is 6.33. The Kier molecular flexibility index (Phi) is 2.74. The summed E-state index contributed by atoms with van der Waals surface area (Å²) in [7, 11) is 0. The molecule has 3 rings (SSSR count). The van der Waals surface area contributed by atoms with Crippen LogP contribution in [0, 0.1) is 11.7 Å². The van der Waals surface area contributed by atoms with Crippen LogP contribution in [0.3, 0.4) is 0 Å². The summed E-state index contributed by atoms with van der Waals surface area (Å²) in [6.45, 7) is 2.10. The lowest BCUT2D eigenvalue weighted by atomic mass is 9.95. The van der Waals surface area contributed by atoms with Crippen LogP contribution in [-0.2, 0) is 0 Å². The summed E-state index contributed by atoms with van der Waals surface area (Å²) in [5.41, 5.74) is 3.35. The molecular weight excluding hydrogens is 230 g/mol. The summed E-state index contributed by atoms with van der Waals surface area (Å²) in [4.78, 5) is 7.81. The molecule has 90 valence electrons. The minimum Gasteiger partial charge on any atom is -0.329 e. The van der Waals surface area contributed by atoms with Crippen LogP contribution in [0.15, 0.2) is 12.3 Å². The van der Waals surface area contributed by atoms with Gasteiger partial charge in [-0.3, -0.25) is 4.57 Å². The predicted molar refractivity (Wildman–Crippen MR) is 71.8 cm³/mol. The smallest absolute Gasteiger partial charge is 0.179 e. The molecule has 0 unspecified atom stereocenters. The van der Waals surface area contributed by atoms with Gasteiger partial charge in [-0.25, -0.2) is 4.98 Å². The molecule has 0 atom stereocenters. The van der Waals surface area contributed by atoms with Crippen molar-refractivity contribution < 1.29 is 0 Å². The molecule has 2 aromatic rings. The van der Waals surface area contributed by atoms with Crippen LogP contribution < -0.4 is 0 Å². The maximum Gasteiger partial charge on any atom is 0.179 e. The molecule has 1 fully saturated rings. The molecule has 0 saturated heterocycles. The van der Waals surface area contributed by atoms with Gasteiger partial charge in [0.15, 0.2) is 10.4 Å². The van der Waals surface area contributed by atoms with E-state index in [2.05, 4.69) is 21.5 Å². The van der Waals surface area contributed by atoms with E-state index in [0.29, 0.717) is 6.04 Å². The Morgan fingerprint density at radius 1 is 1.35 bits per heavy atom. The fourth-order valence-electron chi connectivity index (χ4n) is 2.82. The first-order valence-corrected chi connectivity index (χ1v) is 6.74. The summed E-state index contributed by atoms with van der Waals surface area (Å²) in [5.74, 6) is 0. The monoisotopic (exact) mass is 247 g/mol.